The molecule has 0 atom stereocenters. The Balaban J connectivity index is 1.66. The Hall–Kier alpha value is -2.06. The molecule has 4 rings (SSSR count). The predicted molar refractivity (Wildman–Crippen MR) is 116 cm³/mol. The van der Waals surface area contributed by atoms with Crippen LogP contribution in [0.2, 0.25) is 5.02 Å². The first kappa shape index (κ1) is 20.2. The van der Waals surface area contributed by atoms with Gasteiger partial charge in [-0.25, -0.2) is 0 Å². The standard InChI is InChI=1S/C20H24ClN5O2S/c1-2-10-25-18(28)15-9-8-13(21)11-16(15)26-19(25)23-24-20(26)29-12-17(27)22-14-6-4-3-5-7-14/h8-9,11,14H,2-7,10,12H2,1H3,(H,22,27). The van der Waals surface area contributed by atoms with Gasteiger partial charge in [0.25, 0.3) is 5.56 Å². The summed E-state index contributed by atoms with van der Waals surface area (Å²) in [7, 11) is 0. The summed E-state index contributed by atoms with van der Waals surface area (Å²) in [5.41, 5.74) is 0.551. The fourth-order valence-electron chi connectivity index (χ4n) is 3.92. The van der Waals surface area contributed by atoms with Crippen molar-refractivity contribution in [2.75, 3.05) is 5.75 Å². The Morgan fingerprint density at radius 1 is 1.28 bits per heavy atom. The first-order valence-corrected chi connectivity index (χ1v) is 11.4. The molecule has 0 unspecified atom stereocenters. The molecule has 1 fully saturated rings. The smallest absolute Gasteiger partial charge is 0.262 e. The molecule has 0 aliphatic heterocycles. The molecule has 1 aliphatic rings. The molecule has 1 aliphatic carbocycles. The summed E-state index contributed by atoms with van der Waals surface area (Å²) in [6, 6.07) is 5.47. The number of benzene rings is 1. The second-order valence-electron chi connectivity index (χ2n) is 7.43. The minimum absolute atomic E-state index is 0.00266. The van der Waals surface area contributed by atoms with Crippen molar-refractivity contribution in [3.63, 3.8) is 0 Å². The number of hydrogen-bond donors (Lipinski definition) is 1. The molecule has 0 saturated heterocycles. The lowest BCUT2D eigenvalue weighted by molar-refractivity contribution is -0.119. The van der Waals surface area contributed by atoms with E-state index in [1.807, 2.05) is 11.3 Å². The minimum atomic E-state index is -0.106. The van der Waals surface area contributed by atoms with Gasteiger partial charge in [-0.1, -0.05) is 49.5 Å². The Kier molecular flexibility index (Phi) is 6.10. The molecule has 0 radical (unpaired) electrons. The van der Waals surface area contributed by atoms with Crippen LogP contribution in [0.4, 0.5) is 0 Å². The van der Waals surface area contributed by atoms with Gasteiger partial charge in [0.2, 0.25) is 11.7 Å². The van der Waals surface area contributed by atoms with Gasteiger partial charge in [-0.2, -0.15) is 0 Å². The van der Waals surface area contributed by atoms with Gasteiger partial charge in [0.15, 0.2) is 5.16 Å². The van der Waals surface area contributed by atoms with Crippen LogP contribution in [0.3, 0.4) is 0 Å². The van der Waals surface area contributed by atoms with Crippen molar-refractivity contribution in [2.24, 2.45) is 0 Å². The van der Waals surface area contributed by atoms with Gasteiger partial charge in [0.05, 0.1) is 16.7 Å². The molecular formula is C20H24ClN5O2S. The number of nitrogens with one attached hydrogen (secondary N) is 1. The highest BCUT2D eigenvalue weighted by molar-refractivity contribution is 7.99. The van der Waals surface area contributed by atoms with E-state index in [4.69, 9.17) is 11.6 Å². The van der Waals surface area contributed by atoms with E-state index < -0.39 is 0 Å². The van der Waals surface area contributed by atoms with E-state index in [-0.39, 0.29) is 23.3 Å². The number of fused-ring (bicyclic) bond motifs is 3. The topological polar surface area (TPSA) is 81.3 Å². The summed E-state index contributed by atoms with van der Waals surface area (Å²) in [5, 5.41) is 13.3. The molecular weight excluding hydrogens is 410 g/mol. The number of aryl methyl sites for hydroxylation is 1. The maximum Gasteiger partial charge on any atom is 0.262 e. The quantitative estimate of drug-likeness (QED) is 0.600. The molecule has 29 heavy (non-hydrogen) atoms. The molecule has 3 aromatic rings. The van der Waals surface area contributed by atoms with Crippen molar-refractivity contribution in [3.05, 3.63) is 33.6 Å². The van der Waals surface area contributed by atoms with Crippen molar-refractivity contribution < 1.29 is 4.79 Å². The summed E-state index contributed by atoms with van der Waals surface area (Å²) in [6.07, 6.45) is 6.51. The normalized spacial score (nSPS) is 15.2. The lowest BCUT2D eigenvalue weighted by Crippen LogP contribution is -2.37. The Morgan fingerprint density at radius 3 is 2.83 bits per heavy atom. The number of aromatic nitrogens is 4. The largest absolute Gasteiger partial charge is 0.353 e. The third-order valence-corrected chi connectivity index (χ3v) is 6.45. The highest BCUT2D eigenvalue weighted by atomic mass is 35.5. The summed E-state index contributed by atoms with van der Waals surface area (Å²) in [6.45, 7) is 2.56. The molecule has 0 bridgehead atoms. The van der Waals surface area contributed by atoms with E-state index in [1.54, 1.807) is 22.8 Å². The van der Waals surface area contributed by atoms with Gasteiger partial charge >= 0.3 is 0 Å². The molecule has 1 N–H and O–H groups in total. The van der Waals surface area contributed by atoms with Crippen LogP contribution in [-0.2, 0) is 11.3 Å². The third-order valence-electron chi connectivity index (χ3n) is 5.28. The summed E-state index contributed by atoms with van der Waals surface area (Å²) < 4.78 is 3.46. The Morgan fingerprint density at radius 2 is 2.07 bits per heavy atom. The monoisotopic (exact) mass is 433 g/mol. The maximum absolute atomic E-state index is 12.9. The van der Waals surface area contributed by atoms with E-state index in [0.29, 0.717) is 33.4 Å². The lowest BCUT2D eigenvalue weighted by atomic mass is 9.95. The van der Waals surface area contributed by atoms with Gasteiger partial charge in [-0.3, -0.25) is 18.6 Å². The van der Waals surface area contributed by atoms with Crippen LogP contribution in [0.5, 0.6) is 0 Å². The van der Waals surface area contributed by atoms with Gasteiger partial charge in [0.1, 0.15) is 0 Å². The van der Waals surface area contributed by atoms with Crippen molar-refractivity contribution in [2.45, 2.75) is 63.2 Å². The second-order valence-corrected chi connectivity index (χ2v) is 8.81. The van der Waals surface area contributed by atoms with Crippen LogP contribution in [0.1, 0.15) is 45.4 Å². The van der Waals surface area contributed by atoms with Crippen LogP contribution < -0.4 is 10.9 Å². The van der Waals surface area contributed by atoms with Crippen molar-refractivity contribution >= 4 is 46.0 Å². The zero-order chi connectivity index (χ0) is 20.4. The minimum Gasteiger partial charge on any atom is -0.353 e. The van der Waals surface area contributed by atoms with E-state index in [2.05, 4.69) is 15.5 Å². The SMILES string of the molecule is CCCn1c(=O)c2ccc(Cl)cc2n2c(SCC(=O)NC3CCCCC3)nnc12. The summed E-state index contributed by atoms with van der Waals surface area (Å²) in [5.74, 6) is 0.733. The van der Waals surface area contributed by atoms with Crippen LogP contribution in [0.25, 0.3) is 16.7 Å². The first-order valence-electron chi connectivity index (χ1n) is 10.1. The molecule has 9 heteroatoms. The van der Waals surface area contributed by atoms with E-state index in [0.717, 1.165) is 19.3 Å². The van der Waals surface area contributed by atoms with Crippen LogP contribution >= 0.6 is 23.4 Å². The first-order chi connectivity index (χ1) is 14.1. The summed E-state index contributed by atoms with van der Waals surface area (Å²) >= 11 is 7.52. The number of halogens is 1. The predicted octanol–water partition coefficient (Wildman–Crippen LogP) is 3.65. The van der Waals surface area contributed by atoms with Crippen LogP contribution in [-0.4, -0.2) is 36.9 Å². The number of carbonyl (C=O) groups excluding carboxylic acids is 1. The number of hydrogen-bond acceptors (Lipinski definition) is 5. The third kappa shape index (κ3) is 4.14. The Bertz CT molecular complexity index is 1100. The van der Waals surface area contributed by atoms with E-state index in [9.17, 15) is 9.59 Å². The van der Waals surface area contributed by atoms with Gasteiger partial charge in [-0.15, -0.1) is 10.2 Å². The molecule has 1 amide bonds. The van der Waals surface area contributed by atoms with Crippen molar-refractivity contribution in [3.8, 4) is 0 Å². The zero-order valence-corrected chi connectivity index (χ0v) is 17.9. The molecule has 2 heterocycles. The maximum atomic E-state index is 12.9. The van der Waals surface area contributed by atoms with Crippen LogP contribution in [0.15, 0.2) is 28.2 Å². The number of nitrogens with zero attached hydrogens (tertiary/aromatic N) is 4. The number of carbonyl (C=O) groups is 1. The fraction of sp³-hybridized carbons (Fsp3) is 0.500. The lowest BCUT2D eigenvalue weighted by Gasteiger charge is -2.22. The van der Waals surface area contributed by atoms with E-state index in [1.165, 1.54) is 31.0 Å². The fourth-order valence-corrected chi connectivity index (χ4v) is 4.84. The van der Waals surface area contributed by atoms with Gasteiger partial charge < -0.3 is 5.32 Å². The Labute approximate surface area is 177 Å². The average Bonchev–Trinajstić information content (AvgIpc) is 3.14. The zero-order valence-electron chi connectivity index (χ0n) is 16.4. The molecule has 7 nitrogen and oxygen atoms in total. The molecule has 2 aromatic heterocycles. The molecule has 0 spiro atoms. The van der Waals surface area contributed by atoms with Gasteiger partial charge in [0, 0.05) is 17.6 Å². The number of rotatable bonds is 6. The van der Waals surface area contributed by atoms with Crippen molar-refractivity contribution in [1.29, 1.82) is 0 Å². The highest BCUT2D eigenvalue weighted by Gasteiger charge is 2.19. The second kappa shape index (κ2) is 8.75. The molecule has 1 saturated carbocycles. The highest BCUT2D eigenvalue weighted by Crippen LogP contribution is 2.24. The van der Waals surface area contributed by atoms with Crippen LogP contribution in [0, 0.1) is 0 Å². The average molecular weight is 434 g/mol. The van der Waals surface area contributed by atoms with E-state index >= 15 is 0 Å². The molecule has 1 aromatic carbocycles. The number of thioether (sulfide) groups is 1. The van der Waals surface area contributed by atoms with Gasteiger partial charge in [-0.05, 0) is 37.5 Å². The molecule has 154 valence electrons. The number of amides is 1. The van der Waals surface area contributed by atoms with Crippen molar-refractivity contribution in [1.82, 2.24) is 24.5 Å². The summed E-state index contributed by atoms with van der Waals surface area (Å²) in [4.78, 5) is 25.3.